The maximum Gasteiger partial charge on any atom is 0.264 e. The molecule has 112 valence electrons. The molecule has 2 aromatic carbocycles. The van der Waals surface area contributed by atoms with Crippen molar-refractivity contribution in [3.63, 3.8) is 0 Å². The van der Waals surface area contributed by atoms with Gasteiger partial charge in [0.1, 0.15) is 5.82 Å². The molecule has 0 N–H and O–H groups in total. The van der Waals surface area contributed by atoms with E-state index in [0.717, 1.165) is 12.1 Å². The predicted octanol–water partition coefficient (Wildman–Crippen LogP) is 4.08. The third-order valence-electron chi connectivity index (χ3n) is 2.93. The second kappa shape index (κ2) is 6.03. The van der Waals surface area contributed by atoms with Gasteiger partial charge in [-0.3, -0.25) is 4.31 Å². The van der Waals surface area contributed by atoms with E-state index >= 15 is 0 Å². The molecule has 0 aromatic heterocycles. The van der Waals surface area contributed by atoms with Crippen LogP contribution in [0.1, 0.15) is 13.8 Å². The first-order valence-electron chi connectivity index (χ1n) is 6.38. The van der Waals surface area contributed by atoms with Gasteiger partial charge in [-0.15, -0.1) is 0 Å². The van der Waals surface area contributed by atoms with Gasteiger partial charge in [-0.25, -0.2) is 12.8 Å². The van der Waals surface area contributed by atoms with Crippen LogP contribution in [0.2, 0.25) is 5.02 Å². The molecular weight excluding hydrogens is 313 g/mol. The number of rotatable bonds is 4. The average molecular weight is 328 g/mol. The Bertz CT molecular complexity index is 733. The highest BCUT2D eigenvalue weighted by atomic mass is 35.5. The lowest BCUT2D eigenvalue weighted by molar-refractivity contribution is 0.583. The van der Waals surface area contributed by atoms with Crippen LogP contribution < -0.4 is 4.31 Å². The Morgan fingerprint density at radius 3 is 2.24 bits per heavy atom. The number of sulfonamides is 1. The Balaban J connectivity index is 2.56. The third kappa shape index (κ3) is 3.19. The number of para-hydroxylation sites is 1. The summed E-state index contributed by atoms with van der Waals surface area (Å²) in [5.41, 5.74) is 0.549. The average Bonchev–Trinajstić information content (AvgIpc) is 2.42. The molecule has 0 amide bonds. The number of nitrogens with zero attached hydrogens (tertiary/aromatic N) is 1. The van der Waals surface area contributed by atoms with E-state index in [-0.39, 0.29) is 16.0 Å². The van der Waals surface area contributed by atoms with E-state index in [1.807, 2.05) is 6.07 Å². The zero-order chi connectivity index (χ0) is 15.6. The second-order valence-electron chi connectivity index (χ2n) is 4.81. The van der Waals surface area contributed by atoms with Crippen LogP contribution in [0.15, 0.2) is 53.4 Å². The zero-order valence-corrected chi connectivity index (χ0v) is 13.2. The maximum atomic E-state index is 13.2. The first-order valence-corrected chi connectivity index (χ1v) is 8.20. The molecule has 6 heteroatoms. The monoisotopic (exact) mass is 327 g/mol. The molecule has 0 aliphatic heterocycles. The van der Waals surface area contributed by atoms with Crippen LogP contribution in [0.3, 0.4) is 0 Å². The smallest absolute Gasteiger partial charge is 0.264 e. The lowest BCUT2D eigenvalue weighted by Crippen LogP contribution is -2.37. The Kier molecular flexibility index (Phi) is 4.54. The minimum atomic E-state index is -3.81. The van der Waals surface area contributed by atoms with Gasteiger partial charge in [0.05, 0.1) is 15.6 Å². The van der Waals surface area contributed by atoms with Gasteiger partial charge in [-0.2, -0.15) is 0 Å². The molecule has 3 nitrogen and oxygen atoms in total. The van der Waals surface area contributed by atoms with Crippen LogP contribution in [0.5, 0.6) is 0 Å². The quantitative estimate of drug-likeness (QED) is 0.848. The minimum absolute atomic E-state index is 0.0357. The molecule has 0 saturated heterocycles. The molecule has 0 aliphatic rings. The van der Waals surface area contributed by atoms with E-state index in [1.165, 1.54) is 10.4 Å². The third-order valence-corrected chi connectivity index (χ3v) is 5.22. The summed E-state index contributed by atoms with van der Waals surface area (Å²) in [6, 6.07) is 11.9. The van der Waals surface area contributed by atoms with Crippen molar-refractivity contribution in [2.75, 3.05) is 4.31 Å². The topological polar surface area (TPSA) is 37.4 Å². The molecule has 0 atom stereocenters. The van der Waals surface area contributed by atoms with Crippen molar-refractivity contribution in [1.29, 1.82) is 0 Å². The molecule has 21 heavy (non-hydrogen) atoms. The van der Waals surface area contributed by atoms with Crippen LogP contribution in [0.25, 0.3) is 0 Å². The van der Waals surface area contributed by atoms with E-state index in [1.54, 1.807) is 38.1 Å². The van der Waals surface area contributed by atoms with Gasteiger partial charge >= 0.3 is 0 Å². The van der Waals surface area contributed by atoms with Gasteiger partial charge in [0.2, 0.25) is 0 Å². The zero-order valence-electron chi connectivity index (χ0n) is 11.6. The summed E-state index contributed by atoms with van der Waals surface area (Å²) < 4.78 is 40.1. The molecule has 0 spiro atoms. The molecule has 2 rings (SSSR count). The van der Waals surface area contributed by atoms with Crippen molar-refractivity contribution in [2.45, 2.75) is 24.8 Å². The molecule has 2 aromatic rings. The lowest BCUT2D eigenvalue weighted by atomic mass is 10.3. The van der Waals surface area contributed by atoms with Gasteiger partial charge < -0.3 is 0 Å². The Morgan fingerprint density at radius 2 is 1.71 bits per heavy atom. The van der Waals surface area contributed by atoms with E-state index in [9.17, 15) is 12.8 Å². The van der Waals surface area contributed by atoms with Gasteiger partial charge in [-0.05, 0) is 44.2 Å². The highest BCUT2D eigenvalue weighted by Crippen LogP contribution is 2.28. The molecule has 0 fully saturated rings. The van der Waals surface area contributed by atoms with Crippen LogP contribution in [-0.4, -0.2) is 14.5 Å². The Hall–Kier alpha value is -1.59. The fourth-order valence-corrected chi connectivity index (χ4v) is 3.97. The highest BCUT2D eigenvalue weighted by Gasteiger charge is 2.27. The molecular formula is C15H15ClFNO2S. The summed E-state index contributed by atoms with van der Waals surface area (Å²) in [6.45, 7) is 3.55. The number of benzene rings is 2. The minimum Gasteiger partial charge on any atom is -0.264 e. The summed E-state index contributed by atoms with van der Waals surface area (Å²) in [5.74, 6) is -0.647. The van der Waals surface area contributed by atoms with Gasteiger partial charge in [0.25, 0.3) is 10.0 Å². The molecule has 0 aliphatic carbocycles. The maximum absolute atomic E-state index is 13.2. The largest absolute Gasteiger partial charge is 0.264 e. The van der Waals surface area contributed by atoms with Crippen LogP contribution >= 0.6 is 11.6 Å². The normalized spacial score (nSPS) is 11.7. The van der Waals surface area contributed by atoms with E-state index < -0.39 is 15.8 Å². The molecule has 0 saturated carbocycles. The summed E-state index contributed by atoms with van der Waals surface area (Å²) in [7, 11) is -3.81. The van der Waals surface area contributed by atoms with Gasteiger partial charge in [0, 0.05) is 6.04 Å². The lowest BCUT2D eigenvalue weighted by Gasteiger charge is -2.28. The van der Waals surface area contributed by atoms with E-state index in [2.05, 4.69) is 0 Å². The fourth-order valence-electron chi connectivity index (χ4n) is 2.04. The van der Waals surface area contributed by atoms with Crippen molar-refractivity contribution >= 4 is 27.3 Å². The Labute approximate surface area is 129 Å². The first kappa shape index (κ1) is 15.8. The van der Waals surface area contributed by atoms with Crippen molar-refractivity contribution in [2.24, 2.45) is 0 Å². The van der Waals surface area contributed by atoms with Gasteiger partial charge in [-0.1, -0.05) is 29.8 Å². The molecule has 0 radical (unpaired) electrons. The van der Waals surface area contributed by atoms with Crippen LogP contribution in [0.4, 0.5) is 10.1 Å². The first-order chi connectivity index (χ1) is 9.84. The van der Waals surface area contributed by atoms with Crippen molar-refractivity contribution in [3.8, 4) is 0 Å². The highest BCUT2D eigenvalue weighted by molar-refractivity contribution is 7.92. The molecule has 0 unspecified atom stereocenters. The summed E-state index contributed by atoms with van der Waals surface area (Å²) >= 11 is 5.69. The molecule has 0 bridgehead atoms. The fraction of sp³-hybridized carbons (Fsp3) is 0.200. The van der Waals surface area contributed by atoms with Crippen molar-refractivity contribution in [1.82, 2.24) is 0 Å². The van der Waals surface area contributed by atoms with Crippen LogP contribution in [0, 0.1) is 5.82 Å². The standard InChI is InChI=1S/C15H15ClFNO2S/c1-11(2)18(12-6-4-3-5-7-12)21(19,20)13-8-9-15(17)14(16)10-13/h3-11H,1-2H3. The number of hydrogen-bond donors (Lipinski definition) is 0. The SMILES string of the molecule is CC(C)N(c1ccccc1)S(=O)(=O)c1ccc(F)c(Cl)c1. The number of anilines is 1. The summed E-state index contributed by atoms with van der Waals surface area (Å²) in [6.07, 6.45) is 0. The van der Waals surface area contributed by atoms with Crippen molar-refractivity contribution in [3.05, 3.63) is 59.4 Å². The number of halogens is 2. The molecule has 0 heterocycles. The summed E-state index contributed by atoms with van der Waals surface area (Å²) in [5, 5.41) is -0.215. The second-order valence-corrected chi connectivity index (χ2v) is 7.03. The Morgan fingerprint density at radius 1 is 1.10 bits per heavy atom. The number of hydrogen-bond acceptors (Lipinski definition) is 2. The van der Waals surface area contributed by atoms with Crippen molar-refractivity contribution < 1.29 is 12.8 Å². The van der Waals surface area contributed by atoms with Gasteiger partial charge in [0.15, 0.2) is 0 Å². The van der Waals surface area contributed by atoms with Crippen LogP contribution in [-0.2, 0) is 10.0 Å². The van der Waals surface area contributed by atoms with E-state index in [4.69, 9.17) is 11.6 Å². The van der Waals surface area contributed by atoms with E-state index in [0.29, 0.717) is 5.69 Å². The summed E-state index contributed by atoms with van der Waals surface area (Å²) in [4.78, 5) is -0.0357. The predicted molar refractivity (Wildman–Crippen MR) is 82.7 cm³/mol.